The Morgan fingerprint density at radius 1 is 1.26 bits per heavy atom. The van der Waals surface area contributed by atoms with Crippen LogP contribution < -0.4 is 15.6 Å². The van der Waals surface area contributed by atoms with Crippen molar-refractivity contribution in [3.63, 3.8) is 0 Å². The van der Waals surface area contributed by atoms with Crippen LogP contribution >= 0.6 is 11.8 Å². The monoisotopic (exact) mass is 386 g/mol. The summed E-state index contributed by atoms with van der Waals surface area (Å²) in [7, 11) is 1.56. The van der Waals surface area contributed by atoms with Gasteiger partial charge in [-0.25, -0.2) is 15.0 Å². The first-order valence-electron chi connectivity index (χ1n) is 8.54. The van der Waals surface area contributed by atoms with Crippen molar-refractivity contribution < 1.29 is 4.74 Å². The largest absolute Gasteiger partial charge is 0.481 e. The second kappa shape index (κ2) is 9.22. The fourth-order valence-corrected chi connectivity index (χ4v) is 3.40. The molecule has 0 bridgehead atoms. The lowest BCUT2D eigenvalue weighted by Crippen LogP contribution is -2.18. The van der Waals surface area contributed by atoms with E-state index < -0.39 is 0 Å². The van der Waals surface area contributed by atoms with Gasteiger partial charge in [-0.05, 0) is 13.0 Å². The molecule has 142 valence electrons. The molecule has 0 aliphatic carbocycles. The van der Waals surface area contributed by atoms with Crippen LogP contribution in [0.1, 0.15) is 22.5 Å². The Morgan fingerprint density at radius 2 is 2.15 bits per heavy atom. The Morgan fingerprint density at radius 3 is 2.89 bits per heavy atom. The van der Waals surface area contributed by atoms with Gasteiger partial charge in [-0.15, -0.1) is 0 Å². The maximum Gasteiger partial charge on any atom is 0.255 e. The lowest BCUT2D eigenvalue weighted by atomic mass is 10.1. The van der Waals surface area contributed by atoms with Crippen molar-refractivity contribution in [2.45, 2.75) is 19.1 Å². The average Bonchev–Trinajstić information content (AvgIpc) is 3.09. The average molecular weight is 386 g/mol. The number of nitrogens with zero attached hydrogens (tertiary/aromatic N) is 3. The van der Waals surface area contributed by atoms with Gasteiger partial charge in [0.2, 0.25) is 11.8 Å². The van der Waals surface area contributed by atoms with Crippen molar-refractivity contribution in [1.82, 2.24) is 24.9 Å². The smallest absolute Gasteiger partial charge is 0.255 e. The van der Waals surface area contributed by atoms with Gasteiger partial charge < -0.3 is 15.0 Å². The number of hydrogen-bond acceptors (Lipinski definition) is 7. The molecule has 3 aromatic rings. The van der Waals surface area contributed by atoms with Crippen molar-refractivity contribution in [2.24, 2.45) is 0 Å². The molecule has 0 aliphatic heterocycles. The predicted molar refractivity (Wildman–Crippen MR) is 106 cm³/mol. The normalized spacial score (nSPS) is 10.7. The van der Waals surface area contributed by atoms with Crippen molar-refractivity contribution in [1.29, 1.82) is 0 Å². The zero-order chi connectivity index (χ0) is 19.1. The molecule has 0 atom stereocenters. The van der Waals surface area contributed by atoms with E-state index in [0.717, 1.165) is 28.5 Å². The van der Waals surface area contributed by atoms with Crippen LogP contribution in [0.4, 0.5) is 5.95 Å². The third kappa shape index (κ3) is 5.10. The number of hydrogen-bond donors (Lipinski definition) is 3. The molecule has 0 amide bonds. The van der Waals surface area contributed by atoms with E-state index in [1.165, 1.54) is 0 Å². The maximum atomic E-state index is 12.3. The van der Waals surface area contributed by atoms with Gasteiger partial charge in [0.15, 0.2) is 0 Å². The Balaban J connectivity index is 1.51. The van der Waals surface area contributed by atoms with Crippen molar-refractivity contribution in [3.8, 4) is 5.88 Å². The van der Waals surface area contributed by atoms with Crippen LogP contribution in [-0.2, 0) is 12.2 Å². The lowest BCUT2D eigenvalue weighted by molar-refractivity contribution is 0.393. The van der Waals surface area contributed by atoms with Gasteiger partial charge >= 0.3 is 0 Å². The molecule has 0 fully saturated rings. The zero-order valence-corrected chi connectivity index (χ0v) is 16.1. The fourth-order valence-electron chi connectivity index (χ4n) is 2.53. The standard InChI is InChI=1S/C18H22N6O2S/c1-12-15(23-11-22-12)10-27-7-6-20-18-21-9-14(16(25)24-18)8-13-4-3-5-19-17(13)26-2/h3-5,9,11H,6-8,10H2,1-2H3,(H,22,23)(H2,20,21,24,25). The Kier molecular flexibility index (Phi) is 6.48. The summed E-state index contributed by atoms with van der Waals surface area (Å²) >= 11 is 1.77. The minimum atomic E-state index is -0.168. The van der Waals surface area contributed by atoms with Crippen molar-refractivity contribution in [3.05, 3.63) is 63.7 Å². The van der Waals surface area contributed by atoms with E-state index in [2.05, 4.69) is 30.2 Å². The molecule has 3 rings (SSSR count). The first-order chi connectivity index (χ1) is 13.2. The van der Waals surface area contributed by atoms with Crippen LogP contribution in [0.2, 0.25) is 0 Å². The van der Waals surface area contributed by atoms with E-state index in [9.17, 15) is 4.79 Å². The molecule has 0 aliphatic rings. The summed E-state index contributed by atoms with van der Waals surface area (Å²) in [4.78, 5) is 30.9. The Labute approximate surface area is 161 Å². The molecule has 0 saturated heterocycles. The van der Waals surface area contributed by atoms with E-state index in [0.29, 0.717) is 30.4 Å². The van der Waals surface area contributed by atoms with E-state index in [1.807, 2.05) is 19.1 Å². The molecular formula is C18H22N6O2S. The van der Waals surface area contributed by atoms with Gasteiger partial charge in [-0.3, -0.25) is 9.78 Å². The summed E-state index contributed by atoms with van der Waals surface area (Å²) in [6.07, 6.45) is 5.37. The van der Waals surface area contributed by atoms with Crippen LogP contribution in [0.5, 0.6) is 5.88 Å². The molecule has 0 radical (unpaired) electrons. The van der Waals surface area contributed by atoms with Crippen molar-refractivity contribution in [2.75, 3.05) is 24.7 Å². The van der Waals surface area contributed by atoms with E-state index in [4.69, 9.17) is 4.74 Å². The lowest BCUT2D eigenvalue weighted by Gasteiger charge is -2.08. The van der Waals surface area contributed by atoms with Gasteiger partial charge in [0.25, 0.3) is 5.56 Å². The summed E-state index contributed by atoms with van der Waals surface area (Å²) < 4.78 is 5.23. The van der Waals surface area contributed by atoms with Crippen molar-refractivity contribution >= 4 is 17.7 Å². The number of thioether (sulfide) groups is 1. The number of nitrogens with one attached hydrogen (secondary N) is 3. The quantitative estimate of drug-likeness (QED) is 0.484. The number of aryl methyl sites for hydroxylation is 1. The molecule has 8 nitrogen and oxygen atoms in total. The Bertz CT molecular complexity index is 939. The number of aromatic nitrogens is 5. The number of anilines is 1. The fraction of sp³-hybridized carbons (Fsp3) is 0.333. The summed E-state index contributed by atoms with van der Waals surface area (Å²) in [6, 6.07) is 3.70. The number of methoxy groups -OCH3 is 1. The van der Waals surface area contributed by atoms with Gasteiger partial charge in [0.05, 0.1) is 19.1 Å². The van der Waals surface area contributed by atoms with Crippen LogP contribution in [-0.4, -0.2) is 44.3 Å². The highest BCUT2D eigenvalue weighted by molar-refractivity contribution is 7.98. The Hall–Kier alpha value is -2.81. The van der Waals surface area contributed by atoms with Gasteiger partial charge in [0, 0.05) is 53.7 Å². The number of imidazole rings is 1. The maximum absolute atomic E-state index is 12.3. The summed E-state index contributed by atoms with van der Waals surface area (Å²) in [5, 5.41) is 3.14. The molecule has 27 heavy (non-hydrogen) atoms. The highest BCUT2D eigenvalue weighted by Crippen LogP contribution is 2.16. The first kappa shape index (κ1) is 19.0. The number of ether oxygens (including phenoxy) is 1. The molecule has 3 N–H and O–H groups in total. The second-order valence-electron chi connectivity index (χ2n) is 5.89. The molecule has 0 unspecified atom stereocenters. The number of rotatable bonds is 9. The van der Waals surface area contributed by atoms with Crippen LogP contribution in [0.25, 0.3) is 0 Å². The van der Waals surface area contributed by atoms with E-state index in [-0.39, 0.29) is 5.56 Å². The van der Waals surface area contributed by atoms with Gasteiger partial charge in [-0.2, -0.15) is 11.8 Å². The first-order valence-corrected chi connectivity index (χ1v) is 9.69. The third-order valence-corrected chi connectivity index (χ3v) is 4.98. The van der Waals surface area contributed by atoms with E-state index in [1.54, 1.807) is 37.6 Å². The highest BCUT2D eigenvalue weighted by atomic mass is 32.2. The molecule has 0 spiro atoms. The number of pyridine rings is 1. The predicted octanol–water partition coefficient (Wildman–Crippen LogP) is 2.14. The molecule has 0 saturated carbocycles. The molecule has 3 aromatic heterocycles. The van der Waals surface area contributed by atoms with E-state index >= 15 is 0 Å². The summed E-state index contributed by atoms with van der Waals surface area (Å²) in [5.74, 6) is 2.72. The third-order valence-electron chi connectivity index (χ3n) is 4.01. The molecule has 0 aromatic carbocycles. The number of aromatic amines is 2. The minimum absolute atomic E-state index is 0.168. The topological polar surface area (TPSA) is 109 Å². The minimum Gasteiger partial charge on any atom is -0.481 e. The second-order valence-corrected chi connectivity index (χ2v) is 6.99. The molecular weight excluding hydrogens is 364 g/mol. The van der Waals surface area contributed by atoms with Crippen LogP contribution in [0.15, 0.2) is 35.6 Å². The van der Waals surface area contributed by atoms with Crippen LogP contribution in [0, 0.1) is 6.92 Å². The molecule has 9 heteroatoms. The number of H-pyrrole nitrogens is 2. The summed E-state index contributed by atoms with van der Waals surface area (Å²) in [5.41, 5.74) is 3.41. The van der Waals surface area contributed by atoms with Gasteiger partial charge in [-0.1, -0.05) is 6.07 Å². The SMILES string of the molecule is COc1ncccc1Cc1cnc(NCCSCc2nc[nH]c2C)[nH]c1=O. The summed E-state index contributed by atoms with van der Waals surface area (Å²) in [6.45, 7) is 2.71. The van der Waals surface area contributed by atoms with Gasteiger partial charge in [0.1, 0.15) is 0 Å². The van der Waals surface area contributed by atoms with Crippen LogP contribution in [0.3, 0.4) is 0 Å². The molecule has 3 heterocycles. The highest BCUT2D eigenvalue weighted by Gasteiger charge is 2.09. The zero-order valence-electron chi connectivity index (χ0n) is 15.3.